The Morgan fingerprint density at radius 2 is 1.86 bits per heavy atom. The van der Waals surface area contributed by atoms with Crippen molar-refractivity contribution in [2.45, 2.75) is 32.4 Å². The van der Waals surface area contributed by atoms with Crippen LogP contribution < -0.4 is 24.8 Å². The van der Waals surface area contributed by atoms with Gasteiger partial charge in [0, 0.05) is 0 Å². The van der Waals surface area contributed by atoms with Crippen LogP contribution in [0.15, 0.2) is 42.5 Å². The first kappa shape index (κ1) is 19.1. The predicted octanol–water partition coefficient (Wildman–Crippen LogP) is 3.06. The number of hydrogen-bond donors (Lipinski definition) is 2. The van der Waals surface area contributed by atoms with Gasteiger partial charge in [-0.1, -0.05) is 32.0 Å². The first-order valence-corrected chi connectivity index (χ1v) is 9.76. The maximum atomic E-state index is 12.7. The third-order valence-corrected chi connectivity index (χ3v) is 4.99. The van der Waals surface area contributed by atoms with E-state index in [1.54, 1.807) is 12.1 Å². The molecule has 7 nitrogen and oxygen atoms in total. The number of carbonyl (C=O) groups is 2. The van der Waals surface area contributed by atoms with Crippen molar-refractivity contribution in [2.75, 3.05) is 18.5 Å². The third-order valence-electron chi connectivity index (χ3n) is 4.99. The molecule has 2 atom stereocenters. The lowest BCUT2D eigenvalue weighted by Crippen LogP contribution is -2.42. The van der Waals surface area contributed by atoms with Crippen LogP contribution in [0.1, 0.15) is 31.9 Å². The van der Waals surface area contributed by atoms with Crippen molar-refractivity contribution in [3.05, 3.63) is 48.0 Å². The summed E-state index contributed by atoms with van der Waals surface area (Å²) in [5.41, 5.74) is 1.54. The zero-order valence-corrected chi connectivity index (χ0v) is 16.4. The average Bonchev–Trinajstić information content (AvgIpc) is 2.72. The molecule has 0 unspecified atom stereocenters. The Bertz CT molecular complexity index is 927. The standard InChI is InChI=1S/C22H24N2O5/c1-13(2)21(14-7-8-17-18(11-14)28-10-9-27-17)24-20(25)12-19-22(26)23-15-5-3-4-6-16(15)29-19/h3-8,11,13,19,21H,9-10,12H2,1-2H3,(H,23,26)(H,24,25)/t19-,21+/m1/s1. The van der Waals surface area contributed by atoms with Crippen molar-refractivity contribution in [3.63, 3.8) is 0 Å². The molecule has 2 aliphatic rings. The quantitative estimate of drug-likeness (QED) is 0.811. The van der Waals surface area contributed by atoms with E-state index in [0.717, 1.165) is 5.56 Å². The third kappa shape index (κ3) is 4.13. The molecule has 2 aliphatic heterocycles. The molecular weight excluding hydrogens is 372 g/mol. The summed E-state index contributed by atoms with van der Waals surface area (Å²) in [6.07, 6.45) is -0.925. The second-order valence-corrected chi connectivity index (χ2v) is 7.49. The number of fused-ring (bicyclic) bond motifs is 2. The molecular formula is C22H24N2O5. The molecule has 0 aliphatic carbocycles. The number of hydrogen-bond acceptors (Lipinski definition) is 5. The summed E-state index contributed by atoms with van der Waals surface area (Å²) in [5, 5.41) is 5.82. The van der Waals surface area contributed by atoms with Crippen molar-refractivity contribution < 1.29 is 23.8 Å². The molecule has 0 fully saturated rings. The van der Waals surface area contributed by atoms with Crippen LogP contribution in [0.5, 0.6) is 17.2 Å². The highest BCUT2D eigenvalue weighted by Gasteiger charge is 2.31. The number of para-hydroxylation sites is 2. The van der Waals surface area contributed by atoms with Gasteiger partial charge in [0.25, 0.3) is 5.91 Å². The molecule has 0 saturated carbocycles. The van der Waals surface area contributed by atoms with Crippen molar-refractivity contribution >= 4 is 17.5 Å². The molecule has 152 valence electrons. The maximum Gasteiger partial charge on any atom is 0.266 e. The number of ether oxygens (including phenoxy) is 3. The van der Waals surface area contributed by atoms with Gasteiger partial charge in [0.1, 0.15) is 19.0 Å². The van der Waals surface area contributed by atoms with E-state index in [2.05, 4.69) is 10.6 Å². The molecule has 4 rings (SSSR count). The van der Waals surface area contributed by atoms with E-state index in [-0.39, 0.29) is 30.2 Å². The number of benzene rings is 2. The Hall–Kier alpha value is -3.22. The molecule has 0 aromatic heterocycles. The summed E-state index contributed by atoms with van der Waals surface area (Å²) in [6, 6.07) is 12.6. The molecule has 0 bridgehead atoms. The van der Waals surface area contributed by atoms with Crippen LogP contribution in [0, 0.1) is 5.92 Å². The lowest BCUT2D eigenvalue weighted by Gasteiger charge is -2.28. The SMILES string of the molecule is CC(C)[C@H](NC(=O)C[C@H]1Oc2ccccc2NC1=O)c1ccc2c(c1)OCCO2. The molecule has 2 aromatic rings. The number of amides is 2. The van der Waals surface area contributed by atoms with Gasteiger partial charge in [-0.3, -0.25) is 9.59 Å². The Morgan fingerprint density at radius 3 is 2.66 bits per heavy atom. The Labute approximate surface area is 169 Å². The van der Waals surface area contributed by atoms with E-state index in [4.69, 9.17) is 14.2 Å². The highest BCUT2D eigenvalue weighted by atomic mass is 16.6. The highest BCUT2D eigenvalue weighted by molar-refractivity contribution is 5.99. The number of carbonyl (C=O) groups excluding carboxylic acids is 2. The van der Waals surface area contributed by atoms with Gasteiger partial charge in [0.05, 0.1) is 18.2 Å². The molecule has 2 heterocycles. The zero-order chi connectivity index (χ0) is 20.4. The first-order chi connectivity index (χ1) is 14.0. The highest BCUT2D eigenvalue weighted by Crippen LogP contribution is 2.34. The van der Waals surface area contributed by atoms with Gasteiger partial charge in [0.15, 0.2) is 17.6 Å². The van der Waals surface area contributed by atoms with Crippen LogP contribution in [0.4, 0.5) is 5.69 Å². The van der Waals surface area contributed by atoms with Crippen LogP contribution >= 0.6 is 0 Å². The lowest BCUT2D eigenvalue weighted by atomic mass is 9.95. The van der Waals surface area contributed by atoms with Crippen LogP contribution in [-0.4, -0.2) is 31.1 Å². The Kier molecular flexibility index (Phi) is 5.29. The van der Waals surface area contributed by atoms with Crippen molar-refractivity contribution in [1.82, 2.24) is 5.32 Å². The molecule has 2 amide bonds. The first-order valence-electron chi connectivity index (χ1n) is 9.76. The van der Waals surface area contributed by atoms with Crippen LogP contribution in [0.25, 0.3) is 0 Å². The number of rotatable bonds is 5. The summed E-state index contributed by atoms with van der Waals surface area (Å²) in [4.78, 5) is 25.0. The predicted molar refractivity (Wildman–Crippen MR) is 107 cm³/mol. The normalized spacial score (nSPS) is 18.3. The Balaban J connectivity index is 1.45. The summed E-state index contributed by atoms with van der Waals surface area (Å²) in [7, 11) is 0. The smallest absolute Gasteiger partial charge is 0.266 e. The van der Waals surface area contributed by atoms with Gasteiger partial charge in [-0.2, -0.15) is 0 Å². The van der Waals surface area contributed by atoms with Crippen molar-refractivity contribution in [2.24, 2.45) is 5.92 Å². The van der Waals surface area contributed by atoms with Gasteiger partial charge in [-0.05, 0) is 35.7 Å². The summed E-state index contributed by atoms with van der Waals surface area (Å²) >= 11 is 0. The fourth-order valence-electron chi connectivity index (χ4n) is 3.52. The molecule has 0 radical (unpaired) electrons. The van der Waals surface area contributed by atoms with Gasteiger partial charge in [-0.25, -0.2) is 0 Å². The van der Waals surface area contributed by atoms with Crippen molar-refractivity contribution in [1.29, 1.82) is 0 Å². The second kappa shape index (κ2) is 8.03. The summed E-state index contributed by atoms with van der Waals surface area (Å²) in [5.74, 6) is 1.53. The fraction of sp³-hybridized carbons (Fsp3) is 0.364. The zero-order valence-electron chi connectivity index (χ0n) is 16.4. The molecule has 7 heteroatoms. The van der Waals surface area contributed by atoms with Gasteiger partial charge in [0.2, 0.25) is 5.91 Å². The largest absolute Gasteiger partial charge is 0.486 e. The molecule has 2 N–H and O–H groups in total. The number of anilines is 1. The second-order valence-electron chi connectivity index (χ2n) is 7.49. The van der Waals surface area contributed by atoms with Crippen molar-refractivity contribution in [3.8, 4) is 17.2 Å². The molecule has 0 saturated heterocycles. The van der Waals surface area contributed by atoms with Gasteiger partial charge < -0.3 is 24.8 Å². The van der Waals surface area contributed by atoms with E-state index < -0.39 is 6.10 Å². The summed E-state index contributed by atoms with van der Waals surface area (Å²) < 4.78 is 17.0. The average molecular weight is 396 g/mol. The minimum Gasteiger partial charge on any atom is -0.486 e. The molecule has 0 spiro atoms. The van der Waals surface area contributed by atoms with E-state index in [1.165, 1.54) is 0 Å². The minimum absolute atomic E-state index is 0.0616. The molecule has 29 heavy (non-hydrogen) atoms. The topological polar surface area (TPSA) is 85.9 Å². The van der Waals surface area contributed by atoms with Gasteiger partial charge in [-0.15, -0.1) is 0 Å². The van der Waals surface area contributed by atoms with E-state index >= 15 is 0 Å². The maximum absolute atomic E-state index is 12.7. The molecule has 2 aromatic carbocycles. The lowest BCUT2D eigenvalue weighted by molar-refractivity contribution is -0.131. The summed E-state index contributed by atoms with van der Waals surface area (Å²) in [6.45, 7) is 5.09. The van der Waals surface area contributed by atoms with Crippen LogP contribution in [0.2, 0.25) is 0 Å². The van der Waals surface area contributed by atoms with Crippen LogP contribution in [-0.2, 0) is 9.59 Å². The van der Waals surface area contributed by atoms with E-state index in [1.807, 2.05) is 44.2 Å². The number of nitrogens with one attached hydrogen (secondary N) is 2. The monoisotopic (exact) mass is 396 g/mol. The fourth-order valence-corrected chi connectivity index (χ4v) is 3.52. The van der Waals surface area contributed by atoms with E-state index in [0.29, 0.717) is 36.1 Å². The Morgan fingerprint density at radius 1 is 1.10 bits per heavy atom. The van der Waals surface area contributed by atoms with Gasteiger partial charge >= 0.3 is 0 Å². The van der Waals surface area contributed by atoms with E-state index in [9.17, 15) is 9.59 Å². The van der Waals surface area contributed by atoms with Crippen LogP contribution in [0.3, 0.4) is 0 Å². The minimum atomic E-state index is -0.863.